The zero-order valence-electron chi connectivity index (χ0n) is 8.33. The summed E-state index contributed by atoms with van der Waals surface area (Å²) in [4.78, 5) is 3.53. The van der Waals surface area contributed by atoms with Crippen molar-refractivity contribution in [1.82, 2.24) is 4.90 Å². The van der Waals surface area contributed by atoms with Crippen molar-refractivity contribution >= 4 is 17.2 Å². The summed E-state index contributed by atoms with van der Waals surface area (Å²) in [5.74, 6) is 0.798. The average Bonchev–Trinajstić information content (AvgIpc) is 2.72. The van der Waals surface area contributed by atoms with Crippen molar-refractivity contribution in [1.29, 1.82) is 5.41 Å². The second-order valence-electron chi connectivity index (χ2n) is 3.75. The van der Waals surface area contributed by atoms with Crippen LogP contribution >= 0.6 is 11.3 Å². The summed E-state index contributed by atoms with van der Waals surface area (Å²) in [6, 6.07) is 4.17. The molecule has 0 unspecified atom stereocenters. The molecule has 2 rings (SSSR count). The van der Waals surface area contributed by atoms with Crippen LogP contribution in [0.4, 0.5) is 0 Å². The predicted molar refractivity (Wildman–Crippen MR) is 61.2 cm³/mol. The standard InChI is InChI=1S/C11H16N2S/c12-11(9-10-5-4-8-14-10)13-6-2-1-3-7-13/h4-5,8,12H,1-3,6-7,9H2. The Hall–Kier alpha value is -0.830. The van der Waals surface area contributed by atoms with E-state index in [9.17, 15) is 0 Å². The number of amidine groups is 1. The first-order chi connectivity index (χ1) is 6.86. The van der Waals surface area contributed by atoms with Gasteiger partial charge < -0.3 is 4.90 Å². The molecule has 0 aromatic carbocycles. The lowest BCUT2D eigenvalue weighted by atomic mass is 10.1. The SMILES string of the molecule is N=C(Cc1cccs1)N1CCCCC1. The van der Waals surface area contributed by atoms with E-state index in [4.69, 9.17) is 5.41 Å². The van der Waals surface area contributed by atoms with Crippen LogP contribution in [0.2, 0.25) is 0 Å². The Kier molecular flexibility index (Phi) is 3.19. The van der Waals surface area contributed by atoms with Crippen molar-refractivity contribution in [2.24, 2.45) is 0 Å². The van der Waals surface area contributed by atoms with Crippen LogP contribution in [0.3, 0.4) is 0 Å². The van der Waals surface area contributed by atoms with Crippen LogP contribution in [-0.2, 0) is 6.42 Å². The average molecular weight is 208 g/mol. The molecule has 1 aliphatic rings. The normalized spacial score (nSPS) is 17.0. The van der Waals surface area contributed by atoms with Crippen molar-refractivity contribution in [2.45, 2.75) is 25.7 Å². The van der Waals surface area contributed by atoms with E-state index in [1.807, 2.05) is 0 Å². The first-order valence-corrected chi connectivity index (χ1v) is 6.09. The molecule has 1 fully saturated rings. The van der Waals surface area contributed by atoms with Gasteiger partial charge in [-0.25, -0.2) is 0 Å². The maximum atomic E-state index is 7.99. The van der Waals surface area contributed by atoms with Gasteiger partial charge in [-0.2, -0.15) is 0 Å². The zero-order valence-corrected chi connectivity index (χ0v) is 9.15. The molecule has 0 spiro atoms. The summed E-state index contributed by atoms with van der Waals surface area (Å²) in [5.41, 5.74) is 0. The monoisotopic (exact) mass is 208 g/mol. The van der Waals surface area contributed by atoms with Crippen molar-refractivity contribution in [3.63, 3.8) is 0 Å². The van der Waals surface area contributed by atoms with Crippen molar-refractivity contribution in [3.8, 4) is 0 Å². The molecule has 1 saturated heterocycles. The Morgan fingerprint density at radius 3 is 2.79 bits per heavy atom. The minimum absolute atomic E-state index is 0.798. The van der Waals surface area contributed by atoms with E-state index >= 15 is 0 Å². The number of thiophene rings is 1. The summed E-state index contributed by atoms with van der Waals surface area (Å²) < 4.78 is 0. The van der Waals surface area contributed by atoms with Crippen molar-refractivity contribution in [3.05, 3.63) is 22.4 Å². The Balaban J connectivity index is 1.88. The number of rotatable bonds is 2. The van der Waals surface area contributed by atoms with Crippen LogP contribution in [0.25, 0.3) is 0 Å². The fourth-order valence-electron chi connectivity index (χ4n) is 1.85. The summed E-state index contributed by atoms with van der Waals surface area (Å²) >= 11 is 1.75. The molecule has 3 heteroatoms. The van der Waals surface area contributed by atoms with E-state index in [-0.39, 0.29) is 0 Å². The van der Waals surface area contributed by atoms with Crippen molar-refractivity contribution < 1.29 is 0 Å². The van der Waals surface area contributed by atoms with Crippen LogP contribution in [0, 0.1) is 5.41 Å². The maximum Gasteiger partial charge on any atom is 0.101 e. The van der Waals surface area contributed by atoms with Gasteiger partial charge in [-0.1, -0.05) is 6.07 Å². The van der Waals surface area contributed by atoms with Gasteiger partial charge in [0.1, 0.15) is 5.84 Å². The van der Waals surface area contributed by atoms with Crippen LogP contribution in [0.1, 0.15) is 24.1 Å². The van der Waals surface area contributed by atoms with E-state index in [0.717, 1.165) is 25.3 Å². The van der Waals surface area contributed by atoms with E-state index < -0.39 is 0 Å². The Morgan fingerprint density at radius 2 is 2.14 bits per heavy atom. The fraction of sp³-hybridized carbons (Fsp3) is 0.545. The number of hydrogen-bond donors (Lipinski definition) is 1. The van der Waals surface area contributed by atoms with Gasteiger partial charge in [0.15, 0.2) is 0 Å². The van der Waals surface area contributed by atoms with Gasteiger partial charge in [-0.3, -0.25) is 5.41 Å². The third kappa shape index (κ3) is 2.35. The lowest BCUT2D eigenvalue weighted by molar-refractivity contribution is 0.336. The topological polar surface area (TPSA) is 27.1 Å². The van der Waals surface area contributed by atoms with Crippen LogP contribution in [-0.4, -0.2) is 23.8 Å². The fourth-order valence-corrected chi connectivity index (χ4v) is 2.56. The van der Waals surface area contributed by atoms with Gasteiger partial charge in [0.05, 0.1) is 0 Å². The number of hydrogen-bond acceptors (Lipinski definition) is 2. The molecule has 14 heavy (non-hydrogen) atoms. The van der Waals surface area contributed by atoms with Gasteiger partial charge in [-0.05, 0) is 30.7 Å². The quantitative estimate of drug-likeness (QED) is 0.587. The molecule has 1 aromatic heterocycles. The number of piperidine rings is 1. The Bertz CT molecular complexity index is 286. The smallest absolute Gasteiger partial charge is 0.101 e. The molecule has 0 atom stereocenters. The highest BCUT2D eigenvalue weighted by Gasteiger charge is 2.13. The molecule has 2 nitrogen and oxygen atoms in total. The molecule has 1 aliphatic heterocycles. The molecule has 1 N–H and O–H groups in total. The third-order valence-corrected chi connectivity index (χ3v) is 3.54. The molecule has 0 saturated carbocycles. The van der Waals surface area contributed by atoms with Gasteiger partial charge in [0.2, 0.25) is 0 Å². The second-order valence-corrected chi connectivity index (χ2v) is 4.78. The van der Waals surface area contributed by atoms with E-state index in [0.29, 0.717) is 0 Å². The van der Waals surface area contributed by atoms with E-state index in [2.05, 4.69) is 22.4 Å². The number of nitrogens with one attached hydrogen (secondary N) is 1. The highest BCUT2D eigenvalue weighted by Crippen LogP contribution is 2.14. The largest absolute Gasteiger partial charge is 0.360 e. The van der Waals surface area contributed by atoms with Gasteiger partial charge in [-0.15, -0.1) is 11.3 Å². The molecule has 76 valence electrons. The first kappa shape index (κ1) is 9.71. The highest BCUT2D eigenvalue weighted by atomic mass is 32.1. The second kappa shape index (κ2) is 4.60. The van der Waals surface area contributed by atoms with Crippen LogP contribution < -0.4 is 0 Å². The summed E-state index contributed by atoms with van der Waals surface area (Å²) in [6.07, 6.45) is 4.67. The minimum Gasteiger partial charge on any atom is -0.360 e. The summed E-state index contributed by atoms with van der Waals surface area (Å²) in [6.45, 7) is 2.18. The van der Waals surface area contributed by atoms with Gasteiger partial charge >= 0.3 is 0 Å². The number of nitrogens with zero attached hydrogens (tertiary/aromatic N) is 1. The molecule has 1 aromatic rings. The predicted octanol–water partition coefficient (Wildman–Crippen LogP) is 2.75. The van der Waals surface area contributed by atoms with Crippen LogP contribution in [0.15, 0.2) is 17.5 Å². The zero-order chi connectivity index (χ0) is 9.80. The Labute approximate surface area is 89.1 Å². The molecular formula is C11H16N2S. The van der Waals surface area contributed by atoms with E-state index in [1.165, 1.54) is 24.1 Å². The summed E-state index contributed by atoms with van der Waals surface area (Å²) in [5, 5.41) is 10.1. The lowest BCUT2D eigenvalue weighted by Gasteiger charge is -2.28. The Morgan fingerprint density at radius 1 is 1.36 bits per heavy atom. The molecule has 0 aliphatic carbocycles. The van der Waals surface area contributed by atoms with Gasteiger partial charge in [0.25, 0.3) is 0 Å². The van der Waals surface area contributed by atoms with Gasteiger partial charge in [0, 0.05) is 24.4 Å². The first-order valence-electron chi connectivity index (χ1n) is 5.21. The molecular weight excluding hydrogens is 192 g/mol. The molecule has 0 amide bonds. The highest BCUT2D eigenvalue weighted by molar-refractivity contribution is 7.10. The molecule has 2 heterocycles. The van der Waals surface area contributed by atoms with Crippen LogP contribution in [0.5, 0.6) is 0 Å². The third-order valence-electron chi connectivity index (χ3n) is 2.66. The minimum atomic E-state index is 0.798. The number of likely N-dealkylation sites (tertiary alicyclic amines) is 1. The molecule has 0 radical (unpaired) electrons. The van der Waals surface area contributed by atoms with E-state index in [1.54, 1.807) is 11.3 Å². The molecule has 0 bridgehead atoms. The van der Waals surface area contributed by atoms with Crippen molar-refractivity contribution in [2.75, 3.05) is 13.1 Å². The maximum absolute atomic E-state index is 7.99. The summed E-state index contributed by atoms with van der Waals surface area (Å²) in [7, 11) is 0. The lowest BCUT2D eigenvalue weighted by Crippen LogP contribution is -2.36.